The highest BCUT2D eigenvalue weighted by Crippen LogP contribution is 2.16. The molecule has 0 fully saturated rings. The molecule has 0 aliphatic carbocycles. The van der Waals surface area contributed by atoms with Crippen molar-refractivity contribution < 1.29 is 9.53 Å². The number of carbonyl (C=O) groups is 1. The molecular weight excluding hydrogens is 324 g/mol. The highest BCUT2D eigenvalue weighted by Gasteiger charge is 2.06. The van der Waals surface area contributed by atoms with Crippen LogP contribution in [0.15, 0.2) is 48.5 Å². The summed E-state index contributed by atoms with van der Waals surface area (Å²) in [5.41, 5.74) is 1.97. The Bertz CT molecular complexity index is 659. The normalized spacial score (nSPS) is 11.8. The van der Waals surface area contributed by atoms with Crippen LogP contribution in [0, 0.1) is 0 Å². The van der Waals surface area contributed by atoms with E-state index in [2.05, 4.69) is 10.6 Å². The summed E-state index contributed by atoms with van der Waals surface area (Å²) >= 11 is 5.87. The van der Waals surface area contributed by atoms with Gasteiger partial charge < -0.3 is 15.4 Å². The molecule has 1 unspecified atom stereocenters. The first-order chi connectivity index (χ1) is 11.6. The molecule has 24 heavy (non-hydrogen) atoms. The Hall–Kier alpha value is -2.04. The summed E-state index contributed by atoms with van der Waals surface area (Å²) in [6.45, 7) is 3.10. The molecule has 2 aromatic carbocycles. The molecule has 2 aromatic rings. The Morgan fingerprint density at radius 2 is 1.92 bits per heavy atom. The fourth-order valence-corrected chi connectivity index (χ4v) is 2.24. The van der Waals surface area contributed by atoms with Crippen LogP contribution >= 0.6 is 11.6 Å². The molecule has 0 saturated carbocycles. The third-order valence-corrected chi connectivity index (χ3v) is 3.93. The highest BCUT2D eigenvalue weighted by atomic mass is 35.5. The Kier molecular flexibility index (Phi) is 7.09. The monoisotopic (exact) mass is 346 g/mol. The average Bonchev–Trinajstić information content (AvgIpc) is 2.59. The zero-order valence-electron chi connectivity index (χ0n) is 14.0. The van der Waals surface area contributed by atoms with Gasteiger partial charge in [0, 0.05) is 17.6 Å². The van der Waals surface area contributed by atoms with Crippen molar-refractivity contribution in [3.05, 3.63) is 64.7 Å². The molecule has 1 atom stereocenters. The molecule has 5 heteroatoms. The van der Waals surface area contributed by atoms with Crippen molar-refractivity contribution in [3.8, 4) is 5.75 Å². The summed E-state index contributed by atoms with van der Waals surface area (Å²) in [6.07, 6.45) is 0.342. The van der Waals surface area contributed by atoms with E-state index in [0.717, 1.165) is 16.9 Å². The molecule has 1 amide bonds. The molecule has 0 bridgehead atoms. The van der Waals surface area contributed by atoms with Gasteiger partial charge in [-0.3, -0.25) is 4.79 Å². The quantitative estimate of drug-likeness (QED) is 0.771. The van der Waals surface area contributed by atoms with Gasteiger partial charge in [0.05, 0.1) is 6.42 Å². The van der Waals surface area contributed by atoms with Gasteiger partial charge in [-0.1, -0.05) is 35.9 Å². The van der Waals surface area contributed by atoms with E-state index in [1.54, 1.807) is 0 Å². The lowest BCUT2D eigenvalue weighted by molar-refractivity contribution is -0.120. The zero-order valence-corrected chi connectivity index (χ0v) is 14.8. The van der Waals surface area contributed by atoms with Crippen LogP contribution in [0.5, 0.6) is 5.75 Å². The molecular formula is C19H23ClN2O2. The molecule has 4 nitrogen and oxygen atoms in total. The van der Waals surface area contributed by atoms with Crippen molar-refractivity contribution in [1.29, 1.82) is 0 Å². The molecule has 128 valence electrons. The summed E-state index contributed by atoms with van der Waals surface area (Å²) in [5.74, 6) is 0.755. The second-order valence-corrected chi connectivity index (χ2v) is 6.17. The maximum atomic E-state index is 12.0. The summed E-state index contributed by atoms with van der Waals surface area (Å²) in [4.78, 5) is 12.0. The van der Waals surface area contributed by atoms with Crippen molar-refractivity contribution in [2.45, 2.75) is 26.0 Å². The van der Waals surface area contributed by atoms with Crippen LogP contribution in [0.1, 0.15) is 18.1 Å². The number of rotatable bonds is 8. The first-order valence-electron chi connectivity index (χ1n) is 7.97. The van der Waals surface area contributed by atoms with Crippen LogP contribution in [0.2, 0.25) is 5.02 Å². The number of nitrogens with one attached hydrogen (secondary N) is 2. The van der Waals surface area contributed by atoms with Crippen molar-refractivity contribution >= 4 is 17.5 Å². The number of amides is 1. The fourth-order valence-electron chi connectivity index (χ4n) is 2.11. The molecule has 0 aliphatic heterocycles. The van der Waals surface area contributed by atoms with Crippen LogP contribution in [0.25, 0.3) is 0 Å². The van der Waals surface area contributed by atoms with E-state index in [4.69, 9.17) is 16.3 Å². The average molecular weight is 347 g/mol. The number of halogens is 1. The minimum Gasteiger partial charge on any atom is -0.489 e. The highest BCUT2D eigenvalue weighted by molar-refractivity contribution is 6.30. The molecule has 0 saturated heterocycles. The molecule has 0 radical (unpaired) electrons. The van der Waals surface area contributed by atoms with Gasteiger partial charge >= 0.3 is 0 Å². The van der Waals surface area contributed by atoms with Crippen molar-refractivity contribution in [3.63, 3.8) is 0 Å². The van der Waals surface area contributed by atoms with Crippen LogP contribution < -0.4 is 15.4 Å². The number of likely N-dealkylation sites (N-methyl/N-ethyl adjacent to an activating group) is 1. The fraction of sp³-hybridized carbons (Fsp3) is 0.316. The smallest absolute Gasteiger partial charge is 0.224 e. The Balaban J connectivity index is 1.86. The predicted molar refractivity (Wildman–Crippen MR) is 97.5 cm³/mol. The number of benzene rings is 2. The molecule has 0 aliphatic rings. The SMILES string of the molecule is CNC(C)CNC(=O)Cc1cccc(OCc2ccc(Cl)cc2)c1. The molecule has 2 N–H and O–H groups in total. The van der Waals surface area contributed by atoms with Gasteiger partial charge in [0.2, 0.25) is 5.91 Å². The second-order valence-electron chi connectivity index (χ2n) is 5.73. The van der Waals surface area contributed by atoms with Gasteiger partial charge in [-0.2, -0.15) is 0 Å². The predicted octanol–water partition coefficient (Wildman–Crippen LogP) is 3.19. The molecule has 0 heterocycles. The van der Waals surface area contributed by atoms with Gasteiger partial charge in [-0.05, 0) is 49.4 Å². The summed E-state index contributed by atoms with van der Waals surface area (Å²) in [6, 6.07) is 15.4. The van der Waals surface area contributed by atoms with Gasteiger partial charge in [0.15, 0.2) is 0 Å². The first kappa shape index (κ1) is 18.3. The third-order valence-electron chi connectivity index (χ3n) is 3.68. The van der Waals surface area contributed by atoms with Gasteiger partial charge in [-0.15, -0.1) is 0 Å². The molecule has 0 spiro atoms. The molecule has 2 rings (SSSR count). The van der Waals surface area contributed by atoms with Crippen LogP contribution in [-0.2, 0) is 17.8 Å². The minimum absolute atomic E-state index is 0.00644. The van der Waals surface area contributed by atoms with Crippen LogP contribution in [0.3, 0.4) is 0 Å². The Morgan fingerprint density at radius 1 is 1.17 bits per heavy atom. The maximum absolute atomic E-state index is 12.0. The molecule has 0 aromatic heterocycles. The van der Waals surface area contributed by atoms with E-state index in [9.17, 15) is 4.79 Å². The van der Waals surface area contributed by atoms with E-state index in [-0.39, 0.29) is 11.9 Å². The Labute approximate surface area is 148 Å². The number of ether oxygens (including phenoxy) is 1. The van der Waals surface area contributed by atoms with Gasteiger partial charge in [-0.25, -0.2) is 0 Å². The number of carbonyl (C=O) groups excluding carboxylic acids is 1. The van der Waals surface area contributed by atoms with Crippen molar-refractivity contribution in [2.24, 2.45) is 0 Å². The summed E-state index contributed by atoms with van der Waals surface area (Å²) < 4.78 is 5.78. The van der Waals surface area contributed by atoms with Gasteiger partial charge in [0.1, 0.15) is 12.4 Å². The zero-order chi connectivity index (χ0) is 17.4. The standard InChI is InChI=1S/C19H23ClN2O2/c1-14(21-2)12-22-19(23)11-16-4-3-5-18(10-16)24-13-15-6-8-17(20)9-7-15/h3-10,14,21H,11-13H2,1-2H3,(H,22,23). The summed E-state index contributed by atoms with van der Waals surface area (Å²) in [5, 5.41) is 6.70. The van der Waals surface area contributed by atoms with Crippen LogP contribution in [0.4, 0.5) is 0 Å². The van der Waals surface area contributed by atoms with E-state index >= 15 is 0 Å². The van der Waals surface area contributed by atoms with Crippen LogP contribution in [-0.4, -0.2) is 25.5 Å². The first-order valence-corrected chi connectivity index (χ1v) is 8.35. The largest absolute Gasteiger partial charge is 0.489 e. The number of hydrogen-bond acceptors (Lipinski definition) is 3. The number of hydrogen-bond donors (Lipinski definition) is 2. The third kappa shape index (κ3) is 6.22. The maximum Gasteiger partial charge on any atom is 0.224 e. The van der Waals surface area contributed by atoms with Gasteiger partial charge in [0.25, 0.3) is 0 Å². The van der Waals surface area contributed by atoms with E-state index in [0.29, 0.717) is 24.6 Å². The Morgan fingerprint density at radius 3 is 2.62 bits per heavy atom. The lowest BCUT2D eigenvalue weighted by Crippen LogP contribution is -2.37. The lowest BCUT2D eigenvalue weighted by atomic mass is 10.1. The van der Waals surface area contributed by atoms with Crippen molar-refractivity contribution in [2.75, 3.05) is 13.6 Å². The summed E-state index contributed by atoms with van der Waals surface area (Å²) in [7, 11) is 1.87. The minimum atomic E-state index is 0.00644. The van der Waals surface area contributed by atoms with E-state index in [1.165, 1.54) is 0 Å². The topological polar surface area (TPSA) is 50.4 Å². The van der Waals surface area contributed by atoms with Crippen molar-refractivity contribution in [1.82, 2.24) is 10.6 Å². The lowest BCUT2D eigenvalue weighted by Gasteiger charge is -2.12. The van der Waals surface area contributed by atoms with E-state index in [1.807, 2.05) is 62.5 Å². The second kappa shape index (κ2) is 9.30. The van der Waals surface area contributed by atoms with E-state index < -0.39 is 0 Å².